The van der Waals surface area contributed by atoms with E-state index < -0.39 is 5.97 Å². The molecule has 0 amide bonds. The highest BCUT2D eigenvalue weighted by molar-refractivity contribution is 5.86. The van der Waals surface area contributed by atoms with Crippen LogP contribution in [0, 0.1) is 5.92 Å². The van der Waals surface area contributed by atoms with Crippen LogP contribution in [-0.2, 0) is 9.47 Å². The van der Waals surface area contributed by atoms with Crippen molar-refractivity contribution in [3.8, 4) is 0 Å². The van der Waals surface area contributed by atoms with Gasteiger partial charge >= 0.3 is 5.97 Å². The summed E-state index contributed by atoms with van der Waals surface area (Å²) in [6, 6.07) is 3.37. The van der Waals surface area contributed by atoms with Crippen molar-refractivity contribution in [1.82, 2.24) is 5.32 Å². The van der Waals surface area contributed by atoms with E-state index in [1.165, 1.54) is 20.0 Å². The minimum Gasteiger partial charge on any atom is -0.463 e. The Balaban J connectivity index is 1.83. The van der Waals surface area contributed by atoms with Crippen LogP contribution in [0.4, 0.5) is 0 Å². The van der Waals surface area contributed by atoms with Crippen LogP contribution < -0.4 is 5.32 Å². The fourth-order valence-electron chi connectivity index (χ4n) is 2.21. The first kappa shape index (κ1) is 14.1. The van der Waals surface area contributed by atoms with Gasteiger partial charge in [0.1, 0.15) is 11.9 Å². The van der Waals surface area contributed by atoms with Gasteiger partial charge in [-0.2, -0.15) is 0 Å². The molecule has 0 aliphatic carbocycles. The third kappa shape index (κ3) is 3.81. The standard InChI is InChI=1S/C14H21NO4/c1-10(18-9-11-4-3-7-15-8-11)12-5-6-13(19-12)14(16)17-2/h5-6,10-11,15H,3-4,7-9H2,1-2H3. The van der Waals surface area contributed by atoms with Crippen LogP contribution in [0.5, 0.6) is 0 Å². The molecular formula is C14H21NO4. The number of ether oxygens (including phenoxy) is 2. The Morgan fingerprint density at radius 1 is 1.58 bits per heavy atom. The summed E-state index contributed by atoms with van der Waals surface area (Å²) in [7, 11) is 1.33. The highest BCUT2D eigenvalue weighted by Crippen LogP contribution is 2.22. The van der Waals surface area contributed by atoms with Gasteiger partial charge in [0.05, 0.1) is 13.7 Å². The van der Waals surface area contributed by atoms with Gasteiger partial charge in [-0.15, -0.1) is 0 Å². The third-order valence-corrected chi connectivity index (χ3v) is 3.39. The lowest BCUT2D eigenvalue weighted by Crippen LogP contribution is -2.32. The summed E-state index contributed by atoms with van der Waals surface area (Å²) in [5, 5.41) is 3.36. The molecule has 1 aromatic heterocycles. The fourth-order valence-corrected chi connectivity index (χ4v) is 2.21. The van der Waals surface area contributed by atoms with Gasteiger partial charge in [0.15, 0.2) is 0 Å². The molecule has 2 rings (SSSR count). The van der Waals surface area contributed by atoms with Crippen molar-refractivity contribution in [2.75, 3.05) is 26.8 Å². The highest BCUT2D eigenvalue weighted by Gasteiger charge is 2.18. The van der Waals surface area contributed by atoms with Crippen LogP contribution in [-0.4, -0.2) is 32.8 Å². The lowest BCUT2D eigenvalue weighted by molar-refractivity contribution is 0.0202. The number of hydrogen-bond acceptors (Lipinski definition) is 5. The van der Waals surface area contributed by atoms with E-state index in [0.717, 1.165) is 13.1 Å². The maximum atomic E-state index is 11.3. The second kappa shape index (κ2) is 6.73. The van der Waals surface area contributed by atoms with Crippen LogP contribution >= 0.6 is 0 Å². The molecule has 0 spiro atoms. The maximum Gasteiger partial charge on any atom is 0.373 e. The molecule has 5 nitrogen and oxygen atoms in total. The fraction of sp³-hybridized carbons (Fsp3) is 0.643. The minimum atomic E-state index is -0.463. The number of rotatable bonds is 5. The van der Waals surface area contributed by atoms with E-state index >= 15 is 0 Å². The van der Waals surface area contributed by atoms with E-state index in [1.807, 2.05) is 6.92 Å². The van der Waals surface area contributed by atoms with Crippen molar-refractivity contribution >= 4 is 5.97 Å². The van der Waals surface area contributed by atoms with Gasteiger partial charge in [-0.25, -0.2) is 4.79 Å². The zero-order valence-corrected chi connectivity index (χ0v) is 11.5. The average molecular weight is 267 g/mol. The minimum absolute atomic E-state index is 0.152. The Hall–Kier alpha value is -1.33. The quantitative estimate of drug-likeness (QED) is 0.828. The van der Waals surface area contributed by atoms with Crippen molar-refractivity contribution in [3.05, 3.63) is 23.7 Å². The van der Waals surface area contributed by atoms with Crippen LogP contribution in [0.25, 0.3) is 0 Å². The molecule has 1 aliphatic heterocycles. The molecule has 106 valence electrons. The SMILES string of the molecule is COC(=O)c1ccc(C(C)OCC2CCCNC2)o1. The number of esters is 1. The molecule has 0 aromatic carbocycles. The Morgan fingerprint density at radius 3 is 3.11 bits per heavy atom. The van der Waals surface area contributed by atoms with Crippen LogP contribution in [0.3, 0.4) is 0 Å². The first-order valence-electron chi connectivity index (χ1n) is 6.71. The predicted molar refractivity (Wildman–Crippen MR) is 70.0 cm³/mol. The van der Waals surface area contributed by atoms with Gasteiger partial charge in [-0.1, -0.05) is 0 Å². The zero-order chi connectivity index (χ0) is 13.7. The summed E-state index contributed by atoms with van der Waals surface area (Å²) in [6.07, 6.45) is 2.25. The first-order chi connectivity index (χ1) is 9.20. The Kier molecular flexibility index (Phi) is 4.99. The Labute approximate surface area is 113 Å². The molecule has 1 saturated heterocycles. The Bertz CT molecular complexity index is 409. The van der Waals surface area contributed by atoms with Gasteiger partial charge < -0.3 is 19.2 Å². The molecule has 2 heterocycles. The molecule has 0 bridgehead atoms. The number of methoxy groups -OCH3 is 1. The van der Waals surface area contributed by atoms with Gasteiger partial charge in [-0.3, -0.25) is 0 Å². The van der Waals surface area contributed by atoms with E-state index in [2.05, 4.69) is 10.1 Å². The second-order valence-electron chi connectivity index (χ2n) is 4.88. The topological polar surface area (TPSA) is 60.7 Å². The second-order valence-corrected chi connectivity index (χ2v) is 4.88. The van der Waals surface area contributed by atoms with Crippen molar-refractivity contribution in [1.29, 1.82) is 0 Å². The number of piperidine rings is 1. The molecule has 19 heavy (non-hydrogen) atoms. The summed E-state index contributed by atoms with van der Waals surface area (Å²) in [4.78, 5) is 11.3. The van der Waals surface area contributed by atoms with Crippen molar-refractivity contribution in [2.45, 2.75) is 25.9 Å². The monoisotopic (exact) mass is 267 g/mol. The summed E-state index contributed by atoms with van der Waals surface area (Å²) in [6.45, 7) is 4.75. The molecule has 1 fully saturated rings. The van der Waals surface area contributed by atoms with E-state index in [9.17, 15) is 4.79 Å². The number of furan rings is 1. The van der Waals surface area contributed by atoms with Crippen molar-refractivity contribution in [3.63, 3.8) is 0 Å². The van der Waals surface area contributed by atoms with Gasteiger partial charge in [0.25, 0.3) is 0 Å². The van der Waals surface area contributed by atoms with Crippen LogP contribution in [0.1, 0.15) is 42.2 Å². The van der Waals surface area contributed by atoms with Gasteiger partial charge in [0, 0.05) is 6.54 Å². The number of nitrogens with one attached hydrogen (secondary N) is 1. The Morgan fingerprint density at radius 2 is 2.42 bits per heavy atom. The smallest absolute Gasteiger partial charge is 0.373 e. The summed E-state index contributed by atoms with van der Waals surface area (Å²) in [5.41, 5.74) is 0. The third-order valence-electron chi connectivity index (χ3n) is 3.39. The molecule has 1 N–H and O–H groups in total. The number of carbonyl (C=O) groups excluding carboxylic acids is 1. The van der Waals surface area contributed by atoms with E-state index in [4.69, 9.17) is 9.15 Å². The van der Waals surface area contributed by atoms with Gasteiger partial charge in [0.2, 0.25) is 5.76 Å². The molecule has 0 saturated carbocycles. The van der Waals surface area contributed by atoms with E-state index in [1.54, 1.807) is 12.1 Å². The summed E-state index contributed by atoms with van der Waals surface area (Å²) >= 11 is 0. The average Bonchev–Trinajstić information content (AvgIpc) is 2.95. The lowest BCUT2D eigenvalue weighted by Gasteiger charge is -2.23. The maximum absolute atomic E-state index is 11.3. The van der Waals surface area contributed by atoms with Gasteiger partial charge in [-0.05, 0) is 44.4 Å². The van der Waals surface area contributed by atoms with Crippen molar-refractivity contribution < 1.29 is 18.7 Å². The normalized spacial score (nSPS) is 21.1. The van der Waals surface area contributed by atoms with Crippen LogP contribution in [0.15, 0.2) is 16.5 Å². The lowest BCUT2D eigenvalue weighted by atomic mass is 10.0. The van der Waals surface area contributed by atoms with E-state index in [-0.39, 0.29) is 11.9 Å². The first-order valence-corrected chi connectivity index (χ1v) is 6.71. The molecule has 1 aromatic rings. The largest absolute Gasteiger partial charge is 0.463 e. The summed E-state index contributed by atoms with van der Waals surface area (Å²) in [5.74, 6) is 0.970. The number of hydrogen-bond donors (Lipinski definition) is 1. The molecule has 1 aliphatic rings. The highest BCUT2D eigenvalue weighted by atomic mass is 16.5. The predicted octanol–water partition coefficient (Wildman–Crippen LogP) is 2.14. The molecule has 2 atom stereocenters. The zero-order valence-electron chi connectivity index (χ0n) is 11.5. The molecule has 5 heteroatoms. The molecule has 0 radical (unpaired) electrons. The molecular weight excluding hydrogens is 246 g/mol. The number of carbonyl (C=O) groups is 1. The van der Waals surface area contributed by atoms with Crippen molar-refractivity contribution in [2.24, 2.45) is 5.92 Å². The van der Waals surface area contributed by atoms with E-state index in [0.29, 0.717) is 18.3 Å². The van der Waals surface area contributed by atoms with Crippen LogP contribution in [0.2, 0.25) is 0 Å². The summed E-state index contributed by atoms with van der Waals surface area (Å²) < 4.78 is 15.8. The molecule has 2 unspecified atom stereocenters.